The zero-order valence-corrected chi connectivity index (χ0v) is 9.13. The van der Waals surface area contributed by atoms with E-state index in [9.17, 15) is 4.79 Å². The second-order valence-corrected chi connectivity index (χ2v) is 4.05. The van der Waals surface area contributed by atoms with E-state index in [-0.39, 0.29) is 11.7 Å². The number of hydrogen-bond acceptors (Lipinski definition) is 3. The molecule has 1 aliphatic carbocycles. The fourth-order valence-electron chi connectivity index (χ4n) is 1.74. The molecule has 1 saturated carbocycles. The van der Waals surface area contributed by atoms with Gasteiger partial charge in [-0.25, -0.2) is 0 Å². The maximum Gasteiger partial charge on any atom is 0.177 e. The molecule has 3 heteroatoms. The summed E-state index contributed by atoms with van der Waals surface area (Å²) < 4.78 is 5.48. The largest absolute Gasteiger partial charge is 0.450 e. The number of carbonyl (C=O) groups is 1. The molecular weight excluding hydrogens is 208 g/mol. The van der Waals surface area contributed by atoms with Crippen LogP contribution in [0.25, 0.3) is 0 Å². The number of carbonyl (C=O) groups excluding carboxylic acids is 1. The van der Waals surface area contributed by atoms with E-state index in [1.807, 2.05) is 30.3 Å². The molecule has 0 N–H and O–H groups in total. The lowest BCUT2D eigenvalue weighted by Crippen LogP contribution is -2.21. The molecule has 0 radical (unpaired) electrons. The van der Waals surface area contributed by atoms with Gasteiger partial charge in [0.1, 0.15) is 11.5 Å². The van der Waals surface area contributed by atoms with Crippen LogP contribution in [-0.2, 0) is 4.79 Å². The Morgan fingerprint density at radius 1 is 1.33 bits per heavy atom. The number of ketones is 1. The maximum atomic E-state index is 11.4. The Hall–Kier alpha value is -1.22. The Bertz CT molecular complexity index is 372. The van der Waals surface area contributed by atoms with Gasteiger partial charge in [0.05, 0.1) is 5.92 Å². The molecule has 0 amide bonds. The topological polar surface area (TPSA) is 26.3 Å². The highest BCUT2D eigenvalue weighted by molar-refractivity contribution is 7.80. The zero-order valence-electron chi connectivity index (χ0n) is 8.31. The predicted molar refractivity (Wildman–Crippen MR) is 62.0 cm³/mol. The van der Waals surface area contributed by atoms with E-state index >= 15 is 0 Å². The molecule has 1 aromatic rings. The second-order valence-electron chi connectivity index (χ2n) is 3.65. The average molecular weight is 220 g/mol. The van der Waals surface area contributed by atoms with Crippen LogP contribution >= 0.6 is 12.2 Å². The smallest absolute Gasteiger partial charge is 0.177 e. The Balaban J connectivity index is 2.01. The molecule has 0 saturated heterocycles. The zero-order chi connectivity index (χ0) is 10.7. The van der Waals surface area contributed by atoms with Crippen molar-refractivity contribution < 1.29 is 9.53 Å². The Morgan fingerprint density at radius 3 is 2.67 bits per heavy atom. The van der Waals surface area contributed by atoms with Gasteiger partial charge in [-0.05, 0) is 37.2 Å². The lowest BCUT2D eigenvalue weighted by molar-refractivity contribution is -0.119. The lowest BCUT2D eigenvalue weighted by atomic mass is 10.1. The van der Waals surface area contributed by atoms with Crippen LogP contribution < -0.4 is 4.74 Å². The molecule has 2 nitrogen and oxygen atoms in total. The first-order valence-corrected chi connectivity index (χ1v) is 5.47. The van der Waals surface area contributed by atoms with Gasteiger partial charge in [-0.15, -0.1) is 0 Å². The van der Waals surface area contributed by atoms with E-state index in [0.29, 0.717) is 17.2 Å². The second kappa shape index (κ2) is 4.53. The maximum absolute atomic E-state index is 11.4. The van der Waals surface area contributed by atoms with Crippen LogP contribution in [0.1, 0.15) is 19.3 Å². The molecule has 0 heterocycles. The van der Waals surface area contributed by atoms with Crippen molar-refractivity contribution in [3.05, 3.63) is 30.3 Å². The van der Waals surface area contributed by atoms with E-state index in [1.54, 1.807) is 0 Å². The number of ether oxygens (including phenoxy) is 1. The molecule has 0 bridgehead atoms. The first kappa shape index (κ1) is 10.3. The van der Waals surface area contributed by atoms with Gasteiger partial charge in [0, 0.05) is 6.42 Å². The first-order valence-electron chi connectivity index (χ1n) is 5.07. The van der Waals surface area contributed by atoms with Crippen LogP contribution in [0.5, 0.6) is 5.75 Å². The third kappa shape index (κ3) is 2.42. The third-order valence-corrected chi connectivity index (χ3v) is 2.92. The minimum Gasteiger partial charge on any atom is -0.450 e. The third-order valence-electron chi connectivity index (χ3n) is 2.55. The molecule has 0 aromatic heterocycles. The van der Waals surface area contributed by atoms with Crippen LogP contribution in [-0.4, -0.2) is 10.8 Å². The summed E-state index contributed by atoms with van der Waals surface area (Å²) in [5.74, 6) is 0.762. The molecule has 1 fully saturated rings. The number of rotatable bonds is 2. The molecule has 1 aromatic carbocycles. The van der Waals surface area contributed by atoms with Crippen molar-refractivity contribution in [3.63, 3.8) is 0 Å². The van der Waals surface area contributed by atoms with E-state index in [4.69, 9.17) is 17.0 Å². The van der Waals surface area contributed by atoms with Gasteiger partial charge in [-0.2, -0.15) is 0 Å². The molecule has 0 spiro atoms. The standard InChI is InChI=1S/C12H12O2S/c13-11-8-4-7-10(11)12(15)14-9-5-2-1-3-6-9/h1-3,5-6,10H,4,7-8H2. The fraction of sp³-hybridized carbons (Fsp3) is 0.333. The van der Waals surface area contributed by atoms with Gasteiger partial charge < -0.3 is 4.74 Å². The molecule has 15 heavy (non-hydrogen) atoms. The highest BCUT2D eigenvalue weighted by atomic mass is 32.1. The Morgan fingerprint density at radius 2 is 2.07 bits per heavy atom. The average Bonchev–Trinajstić information content (AvgIpc) is 2.66. The van der Waals surface area contributed by atoms with Gasteiger partial charge in [0.25, 0.3) is 0 Å². The summed E-state index contributed by atoms with van der Waals surface area (Å²) in [6.45, 7) is 0. The van der Waals surface area contributed by atoms with Gasteiger partial charge in [0.2, 0.25) is 0 Å². The quantitative estimate of drug-likeness (QED) is 0.717. The number of thiocarbonyl (C=S) groups is 1. The van der Waals surface area contributed by atoms with Crippen molar-refractivity contribution in [2.75, 3.05) is 0 Å². The van der Waals surface area contributed by atoms with Crippen molar-refractivity contribution in [2.45, 2.75) is 19.3 Å². The highest BCUT2D eigenvalue weighted by Crippen LogP contribution is 2.24. The van der Waals surface area contributed by atoms with E-state index in [1.165, 1.54) is 0 Å². The fourth-order valence-corrected chi connectivity index (χ4v) is 2.09. The number of para-hydroxylation sites is 1. The summed E-state index contributed by atoms with van der Waals surface area (Å²) in [6.07, 6.45) is 2.41. The Kier molecular flexibility index (Phi) is 3.11. The number of benzene rings is 1. The molecule has 1 aliphatic rings. The van der Waals surface area contributed by atoms with E-state index < -0.39 is 0 Å². The van der Waals surface area contributed by atoms with E-state index in [2.05, 4.69) is 0 Å². The van der Waals surface area contributed by atoms with Crippen LogP contribution in [0, 0.1) is 5.92 Å². The highest BCUT2D eigenvalue weighted by Gasteiger charge is 2.29. The van der Waals surface area contributed by atoms with Gasteiger partial charge in [-0.3, -0.25) is 4.79 Å². The van der Waals surface area contributed by atoms with Crippen LogP contribution in [0.15, 0.2) is 30.3 Å². The molecule has 78 valence electrons. The number of Topliss-reactive ketones (excluding diaryl/α,β-unsaturated/α-hetero) is 1. The van der Waals surface area contributed by atoms with Crippen LogP contribution in [0.4, 0.5) is 0 Å². The minimum absolute atomic E-state index is 0.166. The van der Waals surface area contributed by atoms with Crippen molar-refractivity contribution >= 4 is 23.1 Å². The van der Waals surface area contributed by atoms with Gasteiger partial charge in [-0.1, -0.05) is 18.2 Å². The summed E-state index contributed by atoms with van der Waals surface area (Å²) in [7, 11) is 0. The van der Waals surface area contributed by atoms with Gasteiger partial charge in [0.15, 0.2) is 5.05 Å². The first-order chi connectivity index (χ1) is 7.27. The SMILES string of the molecule is O=C1CCCC1C(=S)Oc1ccccc1. The summed E-state index contributed by atoms with van der Waals surface area (Å²) >= 11 is 5.13. The van der Waals surface area contributed by atoms with Crippen LogP contribution in [0.3, 0.4) is 0 Å². The molecule has 2 rings (SSSR count). The molecule has 1 atom stereocenters. The summed E-state index contributed by atoms with van der Waals surface area (Å²) in [4.78, 5) is 11.4. The normalized spacial score (nSPS) is 20.3. The van der Waals surface area contributed by atoms with Crippen molar-refractivity contribution in [1.29, 1.82) is 0 Å². The van der Waals surface area contributed by atoms with Crippen molar-refractivity contribution in [1.82, 2.24) is 0 Å². The van der Waals surface area contributed by atoms with E-state index in [0.717, 1.165) is 12.8 Å². The summed E-state index contributed by atoms with van der Waals surface area (Å²) in [5.41, 5.74) is 0. The summed E-state index contributed by atoms with van der Waals surface area (Å²) in [5, 5.41) is 0.420. The van der Waals surface area contributed by atoms with Crippen LogP contribution in [0.2, 0.25) is 0 Å². The minimum atomic E-state index is -0.166. The van der Waals surface area contributed by atoms with Gasteiger partial charge >= 0.3 is 0 Å². The van der Waals surface area contributed by atoms with Crippen molar-refractivity contribution in [2.24, 2.45) is 5.92 Å². The molecule has 0 aliphatic heterocycles. The number of hydrogen-bond donors (Lipinski definition) is 0. The lowest BCUT2D eigenvalue weighted by Gasteiger charge is -2.11. The predicted octanol–water partition coefficient (Wildman–Crippen LogP) is 2.76. The molecule has 1 unspecified atom stereocenters. The molecular formula is C12H12O2S. The Labute approximate surface area is 94.2 Å². The summed E-state index contributed by atoms with van der Waals surface area (Å²) in [6, 6.07) is 9.36. The van der Waals surface area contributed by atoms with Crippen molar-refractivity contribution in [3.8, 4) is 5.75 Å². The monoisotopic (exact) mass is 220 g/mol.